The van der Waals surface area contributed by atoms with Gasteiger partial charge in [-0.25, -0.2) is 0 Å². The average Bonchev–Trinajstić information content (AvgIpc) is 3.56. The third-order valence-electron chi connectivity index (χ3n) is 6.47. The van der Waals surface area contributed by atoms with Crippen LogP contribution in [0.1, 0.15) is 28.1 Å². The van der Waals surface area contributed by atoms with Gasteiger partial charge in [0.25, 0.3) is 0 Å². The molecule has 0 amide bonds. The van der Waals surface area contributed by atoms with Gasteiger partial charge in [0.05, 0.1) is 19.1 Å². The first-order chi connectivity index (χ1) is 17.2. The topological polar surface area (TPSA) is 48.0 Å². The first-order valence-corrected chi connectivity index (χ1v) is 12.7. The fraction of sp³-hybridized carbons (Fsp3) is 0.276. The number of ketones is 1. The molecule has 5 rings (SSSR count). The second-order valence-electron chi connectivity index (χ2n) is 8.65. The summed E-state index contributed by atoms with van der Waals surface area (Å²) in [5.74, 6) is 2.34. The van der Waals surface area contributed by atoms with Gasteiger partial charge in [-0.05, 0) is 86.1 Å². The lowest BCUT2D eigenvalue weighted by atomic mass is 9.98. The number of carbonyl (C=O) groups is 1. The first-order valence-electron chi connectivity index (χ1n) is 11.9. The average molecular weight is 488 g/mol. The molecule has 35 heavy (non-hydrogen) atoms. The van der Waals surface area contributed by atoms with Crippen LogP contribution in [-0.2, 0) is 0 Å². The molecule has 0 N–H and O–H groups in total. The predicted molar refractivity (Wildman–Crippen MR) is 141 cm³/mol. The lowest BCUT2D eigenvalue weighted by Gasteiger charge is -2.15. The number of methoxy groups -OCH3 is 2. The molecule has 2 heterocycles. The zero-order valence-electron chi connectivity index (χ0n) is 20.1. The number of hydrogen-bond donors (Lipinski definition) is 0. The predicted octanol–water partition coefficient (Wildman–Crippen LogP) is 6.29. The Balaban J connectivity index is 1.46. The molecule has 0 radical (unpaired) electrons. The van der Waals surface area contributed by atoms with Crippen molar-refractivity contribution in [2.24, 2.45) is 0 Å². The van der Waals surface area contributed by atoms with E-state index in [-0.39, 0.29) is 5.78 Å². The molecule has 0 unspecified atom stereocenters. The van der Waals surface area contributed by atoms with Crippen LogP contribution >= 0.6 is 11.3 Å². The third-order valence-corrected chi connectivity index (χ3v) is 7.62. The van der Waals surface area contributed by atoms with Gasteiger partial charge < -0.3 is 14.2 Å². The van der Waals surface area contributed by atoms with Crippen LogP contribution in [0, 0.1) is 0 Å². The van der Waals surface area contributed by atoms with Crippen LogP contribution in [0.15, 0.2) is 66.7 Å². The zero-order chi connectivity index (χ0) is 24.2. The van der Waals surface area contributed by atoms with Gasteiger partial charge in [0, 0.05) is 27.8 Å². The van der Waals surface area contributed by atoms with Crippen LogP contribution in [0.3, 0.4) is 0 Å². The van der Waals surface area contributed by atoms with Gasteiger partial charge in [0.15, 0.2) is 0 Å². The van der Waals surface area contributed by atoms with Crippen molar-refractivity contribution in [3.63, 3.8) is 0 Å². The number of ether oxygens (including phenoxy) is 3. The Kier molecular flexibility index (Phi) is 7.02. The van der Waals surface area contributed by atoms with E-state index in [1.165, 1.54) is 37.3 Å². The molecule has 1 fully saturated rings. The summed E-state index contributed by atoms with van der Waals surface area (Å²) < 4.78 is 17.7. The summed E-state index contributed by atoms with van der Waals surface area (Å²) in [6.07, 6.45) is 2.57. The van der Waals surface area contributed by atoms with Gasteiger partial charge in [0.1, 0.15) is 23.9 Å². The second kappa shape index (κ2) is 10.5. The van der Waals surface area contributed by atoms with E-state index in [0.717, 1.165) is 45.0 Å². The quantitative estimate of drug-likeness (QED) is 0.260. The van der Waals surface area contributed by atoms with Crippen LogP contribution in [-0.4, -0.2) is 51.1 Å². The number of nitrogens with zero attached hydrogens (tertiary/aromatic N) is 1. The van der Waals surface area contributed by atoms with E-state index in [1.54, 1.807) is 14.2 Å². The van der Waals surface area contributed by atoms with E-state index in [4.69, 9.17) is 14.2 Å². The Hall–Kier alpha value is -3.35. The standard InChI is InChI=1S/C29H29NO4S/c1-32-22-9-7-21(8-10-22)28(31)29-27(25-14-13-24(33-2)19-26(25)35-29)20-5-11-23(12-6-20)34-18-17-30-15-3-4-16-30/h5-14,19H,3-4,15-18H2,1-2H3. The van der Waals surface area contributed by atoms with Crippen molar-refractivity contribution >= 4 is 27.2 Å². The fourth-order valence-electron chi connectivity index (χ4n) is 4.54. The normalized spacial score (nSPS) is 13.8. The number of rotatable bonds is 9. The van der Waals surface area contributed by atoms with Gasteiger partial charge in [-0.2, -0.15) is 0 Å². The zero-order valence-corrected chi connectivity index (χ0v) is 20.9. The molecule has 0 spiro atoms. The van der Waals surface area contributed by atoms with Crippen molar-refractivity contribution in [3.05, 3.63) is 77.2 Å². The molecule has 180 valence electrons. The molecule has 1 aliphatic rings. The monoisotopic (exact) mass is 487 g/mol. The van der Waals surface area contributed by atoms with E-state index in [0.29, 0.717) is 17.0 Å². The first kappa shape index (κ1) is 23.4. The summed E-state index contributed by atoms with van der Waals surface area (Å²) in [4.78, 5) is 16.8. The lowest BCUT2D eigenvalue weighted by molar-refractivity contribution is 0.104. The molecule has 0 bridgehead atoms. The molecule has 0 atom stereocenters. The van der Waals surface area contributed by atoms with Gasteiger partial charge in [-0.1, -0.05) is 12.1 Å². The van der Waals surface area contributed by atoms with E-state index in [2.05, 4.69) is 4.90 Å². The maximum atomic E-state index is 13.6. The molecular weight excluding hydrogens is 458 g/mol. The maximum absolute atomic E-state index is 13.6. The molecule has 4 aromatic rings. The van der Waals surface area contributed by atoms with Crippen molar-refractivity contribution in [3.8, 4) is 28.4 Å². The molecule has 0 aliphatic carbocycles. The van der Waals surface area contributed by atoms with E-state index in [1.807, 2.05) is 66.7 Å². The van der Waals surface area contributed by atoms with E-state index in [9.17, 15) is 4.79 Å². The molecule has 0 saturated carbocycles. The highest BCUT2D eigenvalue weighted by molar-refractivity contribution is 7.21. The second-order valence-corrected chi connectivity index (χ2v) is 9.70. The molecule has 1 aliphatic heterocycles. The van der Waals surface area contributed by atoms with Crippen molar-refractivity contribution in [2.75, 3.05) is 40.5 Å². The number of hydrogen-bond acceptors (Lipinski definition) is 6. The highest BCUT2D eigenvalue weighted by Gasteiger charge is 2.22. The van der Waals surface area contributed by atoms with Gasteiger partial charge >= 0.3 is 0 Å². The van der Waals surface area contributed by atoms with E-state index < -0.39 is 0 Å². The largest absolute Gasteiger partial charge is 0.497 e. The highest BCUT2D eigenvalue weighted by atomic mass is 32.1. The van der Waals surface area contributed by atoms with Gasteiger partial charge in [-0.3, -0.25) is 9.69 Å². The maximum Gasteiger partial charge on any atom is 0.203 e. The molecule has 6 heteroatoms. The van der Waals surface area contributed by atoms with Crippen molar-refractivity contribution < 1.29 is 19.0 Å². The van der Waals surface area contributed by atoms with Crippen molar-refractivity contribution in [2.45, 2.75) is 12.8 Å². The Morgan fingerprint density at radius 2 is 1.51 bits per heavy atom. The molecule has 1 saturated heterocycles. The summed E-state index contributed by atoms with van der Waals surface area (Å²) in [6.45, 7) is 3.98. The minimum atomic E-state index is -0.00578. The Morgan fingerprint density at radius 3 is 2.20 bits per heavy atom. The van der Waals surface area contributed by atoms with Gasteiger partial charge in [-0.15, -0.1) is 11.3 Å². The van der Waals surface area contributed by atoms with Crippen LogP contribution in [0.25, 0.3) is 21.2 Å². The minimum Gasteiger partial charge on any atom is -0.497 e. The third kappa shape index (κ3) is 5.04. The van der Waals surface area contributed by atoms with Crippen LogP contribution in [0.2, 0.25) is 0 Å². The Labute approximate surface area is 209 Å². The summed E-state index contributed by atoms with van der Waals surface area (Å²) in [7, 11) is 3.27. The van der Waals surface area contributed by atoms with Crippen LogP contribution in [0.4, 0.5) is 0 Å². The van der Waals surface area contributed by atoms with Crippen molar-refractivity contribution in [1.82, 2.24) is 4.90 Å². The smallest absolute Gasteiger partial charge is 0.203 e. The fourth-order valence-corrected chi connectivity index (χ4v) is 5.76. The summed E-state index contributed by atoms with van der Waals surface area (Å²) in [5.41, 5.74) is 2.56. The summed E-state index contributed by atoms with van der Waals surface area (Å²) in [6, 6.07) is 21.3. The van der Waals surface area contributed by atoms with Gasteiger partial charge in [0.2, 0.25) is 5.78 Å². The number of benzene rings is 3. The molecule has 1 aromatic heterocycles. The van der Waals surface area contributed by atoms with Crippen LogP contribution in [0.5, 0.6) is 17.2 Å². The summed E-state index contributed by atoms with van der Waals surface area (Å²) in [5, 5.41) is 1.04. The number of fused-ring (bicyclic) bond motifs is 1. The van der Waals surface area contributed by atoms with Crippen LogP contribution < -0.4 is 14.2 Å². The number of likely N-dealkylation sites (tertiary alicyclic amines) is 1. The Morgan fingerprint density at radius 1 is 0.857 bits per heavy atom. The SMILES string of the molecule is COc1ccc(C(=O)c2sc3cc(OC)ccc3c2-c2ccc(OCCN3CCCC3)cc2)cc1. The summed E-state index contributed by atoms with van der Waals surface area (Å²) >= 11 is 1.50. The number of carbonyl (C=O) groups excluding carboxylic acids is 1. The molecular formula is C29H29NO4S. The number of thiophene rings is 1. The molecule has 5 nitrogen and oxygen atoms in total. The van der Waals surface area contributed by atoms with E-state index >= 15 is 0 Å². The van der Waals surface area contributed by atoms with Crippen molar-refractivity contribution in [1.29, 1.82) is 0 Å². The highest BCUT2D eigenvalue weighted by Crippen LogP contribution is 2.41. The minimum absolute atomic E-state index is 0.00578. The Bertz CT molecular complexity index is 1310. The lowest BCUT2D eigenvalue weighted by Crippen LogP contribution is -2.25. The molecule has 3 aromatic carbocycles.